The molecular weight excluding hydrogens is 256 g/mol. The van der Waals surface area contributed by atoms with E-state index in [0.717, 1.165) is 0 Å². The lowest BCUT2D eigenvalue weighted by Crippen LogP contribution is -2.32. The van der Waals surface area contributed by atoms with Crippen LogP contribution in [0.4, 0.5) is 0 Å². The van der Waals surface area contributed by atoms with Crippen molar-refractivity contribution in [1.29, 1.82) is 0 Å². The van der Waals surface area contributed by atoms with Gasteiger partial charge in [0.2, 0.25) is 0 Å². The maximum atomic E-state index is 6.40. The van der Waals surface area contributed by atoms with Crippen LogP contribution in [0.2, 0.25) is 0 Å². The second-order valence-corrected chi connectivity index (χ2v) is 5.51. The van der Waals surface area contributed by atoms with Crippen molar-refractivity contribution < 1.29 is 4.74 Å². The predicted octanol–water partition coefficient (Wildman–Crippen LogP) is 5.32. The number of ether oxygens (including phenoxy) is 1. The molecule has 0 amide bonds. The molecule has 0 bridgehead atoms. The zero-order chi connectivity index (χ0) is 15.3. The zero-order valence-corrected chi connectivity index (χ0v) is 13.3. The molecule has 0 atom stereocenters. The highest BCUT2D eigenvalue weighted by molar-refractivity contribution is 5.44. The van der Waals surface area contributed by atoms with Crippen LogP contribution in [-0.2, 0) is 10.3 Å². The third-order valence-corrected chi connectivity index (χ3v) is 3.55. The van der Waals surface area contributed by atoms with Crippen molar-refractivity contribution in [1.82, 2.24) is 0 Å². The van der Waals surface area contributed by atoms with Gasteiger partial charge in [-0.25, -0.2) is 0 Å². The van der Waals surface area contributed by atoms with E-state index in [4.69, 9.17) is 4.74 Å². The first-order chi connectivity index (χ1) is 10.1. The fraction of sp³-hybridized carbons (Fsp3) is 0.300. The summed E-state index contributed by atoms with van der Waals surface area (Å²) in [5, 5.41) is 0. The van der Waals surface area contributed by atoms with E-state index in [-0.39, 0.29) is 5.60 Å². The molecule has 21 heavy (non-hydrogen) atoms. The van der Waals surface area contributed by atoms with Crippen molar-refractivity contribution >= 4 is 0 Å². The van der Waals surface area contributed by atoms with Gasteiger partial charge in [-0.3, -0.25) is 0 Å². The van der Waals surface area contributed by atoms with Crippen molar-refractivity contribution in [2.45, 2.75) is 38.9 Å². The van der Waals surface area contributed by atoms with E-state index in [1.807, 2.05) is 26.0 Å². The summed E-state index contributed by atoms with van der Waals surface area (Å²) in [6, 6.07) is 20.8. The fourth-order valence-electron chi connectivity index (χ4n) is 2.65. The van der Waals surface area contributed by atoms with E-state index in [1.54, 1.807) is 0 Å². The lowest BCUT2D eigenvalue weighted by molar-refractivity contribution is -0.0498. The highest BCUT2D eigenvalue weighted by atomic mass is 16.5. The first kappa shape index (κ1) is 15.5. The Kier molecular flexibility index (Phi) is 4.64. The summed E-state index contributed by atoms with van der Waals surface area (Å²) in [6.45, 7) is 8.19. The lowest BCUT2D eigenvalue weighted by atomic mass is 9.86. The largest absolute Gasteiger partial charge is 0.352 e. The number of benzene rings is 2. The minimum Gasteiger partial charge on any atom is -0.352 e. The molecule has 2 aromatic rings. The van der Waals surface area contributed by atoms with E-state index < -0.39 is 5.60 Å². The second-order valence-electron chi connectivity index (χ2n) is 5.51. The molecule has 0 aliphatic carbocycles. The molecule has 0 unspecified atom stereocenters. The summed E-state index contributed by atoms with van der Waals surface area (Å²) in [4.78, 5) is 0. The van der Waals surface area contributed by atoms with Crippen molar-refractivity contribution in [3.05, 3.63) is 83.9 Å². The quantitative estimate of drug-likeness (QED) is 0.676. The molecule has 1 aliphatic rings. The Hall–Kier alpha value is -1.86. The van der Waals surface area contributed by atoms with Gasteiger partial charge in [0.15, 0.2) is 0 Å². The van der Waals surface area contributed by atoms with Crippen LogP contribution in [0.5, 0.6) is 0 Å². The average Bonchev–Trinajstić information content (AvgIpc) is 2.88. The van der Waals surface area contributed by atoms with Gasteiger partial charge in [0.05, 0.1) is 5.60 Å². The molecule has 0 radical (unpaired) electrons. The number of hydrogen-bond acceptors (Lipinski definition) is 1. The van der Waals surface area contributed by atoms with Crippen LogP contribution in [0, 0.1) is 0 Å². The summed E-state index contributed by atoms with van der Waals surface area (Å²) in [5.41, 5.74) is 1.63. The molecule has 1 heterocycles. The Morgan fingerprint density at radius 2 is 1.10 bits per heavy atom. The molecule has 1 aliphatic heterocycles. The Balaban J connectivity index is 0.000000774. The van der Waals surface area contributed by atoms with Gasteiger partial charge in [-0.15, -0.1) is 0 Å². The smallest absolute Gasteiger partial charge is 0.138 e. The Bertz CT molecular complexity index is 542. The predicted molar refractivity (Wildman–Crippen MR) is 89.3 cm³/mol. The van der Waals surface area contributed by atoms with Gasteiger partial charge in [-0.05, 0) is 31.1 Å². The second kappa shape index (κ2) is 6.28. The van der Waals surface area contributed by atoms with Gasteiger partial charge in [-0.2, -0.15) is 0 Å². The highest BCUT2D eigenvalue weighted by Crippen LogP contribution is 2.43. The molecule has 0 fully saturated rings. The lowest BCUT2D eigenvalue weighted by Gasteiger charge is -2.33. The van der Waals surface area contributed by atoms with Crippen molar-refractivity contribution in [2.75, 3.05) is 0 Å². The van der Waals surface area contributed by atoms with Gasteiger partial charge in [0.25, 0.3) is 0 Å². The minimum absolute atomic E-state index is 0.244. The molecule has 0 spiro atoms. The van der Waals surface area contributed by atoms with Crippen molar-refractivity contribution in [3.63, 3.8) is 0 Å². The first-order valence-electron chi connectivity index (χ1n) is 7.64. The summed E-state index contributed by atoms with van der Waals surface area (Å²) in [6.07, 6.45) is 4.32. The first-order valence-corrected chi connectivity index (χ1v) is 7.64. The monoisotopic (exact) mass is 280 g/mol. The Morgan fingerprint density at radius 3 is 1.43 bits per heavy atom. The summed E-state index contributed by atoms with van der Waals surface area (Å²) < 4.78 is 6.40. The van der Waals surface area contributed by atoms with Crippen LogP contribution in [-0.4, -0.2) is 5.60 Å². The maximum absolute atomic E-state index is 6.40. The average molecular weight is 280 g/mol. The zero-order valence-electron chi connectivity index (χ0n) is 13.3. The summed E-state index contributed by atoms with van der Waals surface area (Å²) in [7, 11) is 0. The van der Waals surface area contributed by atoms with E-state index >= 15 is 0 Å². The molecule has 0 saturated heterocycles. The van der Waals surface area contributed by atoms with Crippen molar-refractivity contribution in [2.24, 2.45) is 0 Å². The number of hydrogen-bond donors (Lipinski definition) is 0. The summed E-state index contributed by atoms with van der Waals surface area (Å²) >= 11 is 0. The van der Waals surface area contributed by atoms with Crippen LogP contribution in [0.25, 0.3) is 0 Å². The van der Waals surface area contributed by atoms with Crippen LogP contribution in [0.3, 0.4) is 0 Å². The topological polar surface area (TPSA) is 9.23 Å². The third kappa shape index (κ3) is 3.08. The Morgan fingerprint density at radius 1 is 0.667 bits per heavy atom. The van der Waals surface area contributed by atoms with Crippen molar-refractivity contribution in [3.8, 4) is 0 Å². The van der Waals surface area contributed by atoms with Gasteiger partial charge in [0.1, 0.15) is 5.60 Å². The van der Waals surface area contributed by atoms with Crippen LogP contribution in [0.1, 0.15) is 38.8 Å². The normalized spacial score (nSPS) is 17.9. The van der Waals surface area contributed by atoms with Gasteiger partial charge >= 0.3 is 0 Å². The fourth-order valence-corrected chi connectivity index (χ4v) is 2.65. The molecule has 1 nitrogen and oxygen atoms in total. The molecule has 110 valence electrons. The number of rotatable bonds is 2. The van der Waals surface area contributed by atoms with Gasteiger partial charge in [0, 0.05) is 0 Å². The van der Waals surface area contributed by atoms with E-state index in [2.05, 4.69) is 74.5 Å². The molecule has 2 aromatic carbocycles. The van der Waals surface area contributed by atoms with E-state index in [0.29, 0.717) is 0 Å². The van der Waals surface area contributed by atoms with Crippen LogP contribution in [0.15, 0.2) is 72.8 Å². The molecule has 0 aromatic heterocycles. The van der Waals surface area contributed by atoms with E-state index in [9.17, 15) is 0 Å². The molecule has 1 heteroatoms. The van der Waals surface area contributed by atoms with Crippen LogP contribution < -0.4 is 0 Å². The highest BCUT2D eigenvalue weighted by Gasteiger charge is 2.42. The molecular formula is C20H24O. The molecule has 0 saturated carbocycles. The maximum Gasteiger partial charge on any atom is 0.138 e. The SMILES string of the molecule is CC.CC1(C)C=CC(c2ccccc2)(c2ccccc2)O1. The minimum atomic E-state index is -0.466. The third-order valence-electron chi connectivity index (χ3n) is 3.55. The van der Waals surface area contributed by atoms with Gasteiger partial charge in [-0.1, -0.05) is 80.6 Å². The van der Waals surface area contributed by atoms with Gasteiger partial charge < -0.3 is 4.74 Å². The molecule has 3 rings (SSSR count). The summed E-state index contributed by atoms with van der Waals surface area (Å²) in [5.74, 6) is 0. The Labute approximate surface area is 128 Å². The molecule has 0 N–H and O–H groups in total. The van der Waals surface area contributed by atoms with E-state index in [1.165, 1.54) is 11.1 Å². The van der Waals surface area contributed by atoms with Crippen LogP contribution >= 0.6 is 0 Å². The standard InChI is InChI=1S/C18H18O.C2H6/c1-17(2)13-14-18(19-17,15-9-5-3-6-10-15)16-11-7-4-8-12-16;1-2/h3-14H,1-2H3;1-2H3.